The molecule has 0 spiro atoms. The number of hydrogen-bond acceptors (Lipinski definition) is 4. The highest BCUT2D eigenvalue weighted by molar-refractivity contribution is 5.96. The van der Waals surface area contributed by atoms with Gasteiger partial charge in [0.1, 0.15) is 0 Å². The zero-order valence-corrected chi connectivity index (χ0v) is 12.7. The van der Waals surface area contributed by atoms with Crippen molar-refractivity contribution in [3.05, 3.63) is 23.8 Å². The van der Waals surface area contributed by atoms with E-state index in [1.54, 1.807) is 0 Å². The van der Waals surface area contributed by atoms with Gasteiger partial charge in [-0.05, 0) is 44.9 Å². The van der Waals surface area contributed by atoms with Crippen molar-refractivity contribution in [1.82, 2.24) is 5.32 Å². The summed E-state index contributed by atoms with van der Waals surface area (Å²) in [5, 5.41) is 9.75. The lowest BCUT2D eigenvalue weighted by Gasteiger charge is -2.35. The molecule has 1 aromatic carbocycles. The van der Waals surface area contributed by atoms with Crippen LogP contribution in [0.4, 0.5) is 11.4 Å². The van der Waals surface area contributed by atoms with Crippen LogP contribution >= 0.6 is 0 Å². The molecule has 0 saturated carbocycles. The molecule has 0 radical (unpaired) electrons. The highest BCUT2D eigenvalue weighted by atomic mass is 16.5. The maximum Gasteiger partial charge on any atom is 0.251 e. The fourth-order valence-corrected chi connectivity index (χ4v) is 3.00. The third-order valence-corrected chi connectivity index (χ3v) is 4.07. The van der Waals surface area contributed by atoms with Crippen molar-refractivity contribution in [3.8, 4) is 0 Å². The molecule has 0 aliphatic carbocycles. The lowest BCUT2D eigenvalue weighted by Crippen LogP contribution is -2.45. The van der Waals surface area contributed by atoms with Crippen LogP contribution in [0.3, 0.4) is 0 Å². The zero-order chi connectivity index (χ0) is 14.9. The molecular formula is C16H23N3O2. The number of benzene rings is 1. The van der Waals surface area contributed by atoms with Crippen LogP contribution in [-0.4, -0.2) is 37.2 Å². The topological polar surface area (TPSA) is 62.4 Å². The van der Waals surface area contributed by atoms with E-state index in [0.717, 1.165) is 37.3 Å². The fourth-order valence-electron chi connectivity index (χ4n) is 3.00. The number of amides is 1. The number of fused-ring (bicyclic) bond motifs is 1. The molecule has 0 aromatic heterocycles. The second-order valence-corrected chi connectivity index (χ2v) is 6.39. The summed E-state index contributed by atoms with van der Waals surface area (Å²) in [4.78, 5) is 12.4. The Labute approximate surface area is 125 Å². The minimum atomic E-state index is -0.155. The quantitative estimate of drug-likeness (QED) is 0.781. The van der Waals surface area contributed by atoms with E-state index in [-0.39, 0.29) is 17.6 Å². The average molecular weight is 289 g/mol. The predicted octanol–water partition coefficient (Wildman–Crippen LogP) is 2.21. The van der Waals surface area contributed by atoms with Gasteiger partial charge in [0.15, 0.2) is 0 Å². The van der Waals surface area contributed by atoms with Gasteiger partial charge < -0.3 is 20.7 Å². The van der Waals surface area contributed by atoms with E-state index in [2.05, 4.69) is 29.8 Å². The van der Waals surface area contributed by atoms with E-state index in [9.17, 15) is 4.79 Å². The molecule has 21 heavy (non-hydrogen) atoms. The molecule has 3 rings (SSSR count). The molecule has 3 N–H and O–H groups in total. The second-order valence-electron chi connectivity index (χ2n) is 6.39. The number of rotatable bonds is 2. The Kier molecular flexibility index (Phi) is 3.76. The Hall–Kier alpha value is -1.75. The van der Waals surface area contributed by atoms with Gasteiger partial charge in [0.05, 0.1) is 17.0 Å². The second kappa shape index (κ2) is 5.56. The molecule has 1 unspecified atom stereocenters. The number of hydrogen-bond donors (Lipinski definition) is 3. The first-order valence-electron chi connectivity index (χ1n) is 7.60. The molecule has 1 saturated heterocycles. The maximum absolute atomic E-state index is 12.4. The third-order valence-electron chi connectivity index (χ3n) is 4.07. The molecule has 1 fully saturated rings. The van der Waals surface area contributed by atoms with Crippen molar-refractivity contribution >= 4 is 17.3 Å². The highest BCUT2D eigenvalue weighted by Gasteiger charge is 2.29. The molecule has 1 amide bonds. The summed E-state index contributed by atoms with van der Waals surface area (Å²) < 4.78 is 5.69. The van der Waals surface area contributed by atoms with Gasteiger partial charge in [-0.2, -0.15) is 0 Å². The molecule has 1 atom stereocenters. The molecule has 2 aliphatic rings. The van der Waals surface area contributed by atoms with Crippen LogP contribution in [0.5, 0.6) is 0 Å². The predicted molar refractivity (Wildman–Crippen MR) is 83.9 cm³/mol. The largest absolute Gasteiger partial charge is 0.382 e. The van der Waals surface area contributed by atoms with E-state index in [0.29, 0.717) is 12.2 Å². The standard InChI is InChI=1S/C16H23N3O2/c1-16(2)10-12(5-8-21-16)19-15(20)11-3-4-13-14(9-11)18-7-6-17-13/h3-4,9,12,17-18H,5-8,10H2,1-2H3,(H,19,20). The lowest BCUT2D eigenvalue weighted by atomic mass is 9.93. The Morgan fingerprint density at radius 2 is 2.05 bits per heavy atom. The van der Waals surface area contributed by atoms with Crippen molar-refractivity contribution in [2.75, 3.05) is 30.3 Å². The van der Waals surface area contributed by atoms with Crippen molar-refractivity contribution in [2.45, 2.75) is 38.3 Å². The van der Waals surface area contributed by atoms with Crippen molar-refractivity contribution < 1.29 is 9.53 Å². The zero-order valence-electron chi connectivity index (χ0n) is 12.7. The van der Waals surface area contributed by atoms with Gasteiger partial charge in [-0.1, -0.05) is 0 Å². The number of ether oxygens (including phenoxy) is 1. The van der Waals surface area contributed by atoms with Gasteiger partial charge in [0.2, 0.25) is 0 Å². The van der Waals surface area contributed by atoms with Crippen LogP contribution in [0.2, 0.25) is 0 Å². The molecule has 114 valence electrons. The first kappa shape index (κ1) is 14.2. The number of carbonyl (C=O) groups excluding carboxylic acids is 1. The summed E-state index contributed by atoms with van der Waals surface area (Å²) in [6, 6.07) is 5.94. The highest BCUT2D eigenvalue weighted by Crippen LogP contribution is 2.26. The van der Waals surface area contributed by atoms with Gasteiger partial charge in [0, 0.05) is 31.3 Å². The smallest absolute Gasteiger partial charge is 0.251 e. The molecular weight excluding hydrogens is 266 g/mol. The number of nitrogens with one attached hydrogen (secondary N) is 3. The van der Waals surface area contributed by atoms with E-state index in [1.165, 1.54) is 0 Å². The van der Waals surface area contributed by atoms with Gasteiger partial charge in [-0.25, -0.2) is 0 Å². The molecule has 5 nitrogen and oxygen atoms in total. The normalized spacial score (nSPS) is 23.4. The molecule has 5 heteroatoms. The Balaban J connectivity index is 1.68. The minimum Gasteiger partial charge on any atom is -0.382 e. The van der Waals surface area contributed by atoms with E-state index >= 15 is 0 Å². The van der Waals surface area contributed by atoms with Crippen LogP contribution in [-0.2, 0) is 4.74 Å². The van der Waals surface area contributed by atoms with Gasteiger partial charge in [0.25, 0.3) is 5.91 Å². The summed E-state index contributed by atoms with van der Waals surface area (Å²) in [6.45, 7) is 6.63. The minimum absolute atomic E-state index is 0.00660. The van der Waals surface area contributed by atoms with Crippen molar-refractivity contribution in [1.29, 1.82) is 0 Å². The van der Waals surface area contributed by atoms with Crippen LogP contribution in [0.25, 0.3) is 0 Å². The Morgan fingerprint density at radius 3 is 2.81 bits per heavy atom. The Morgan fingerprint density at radius 1 is 1.29 bits per heavy atom. The fraction of sp³-hybridized carbons (Fsp3) is 0.562. The molecule has 0 bridgehead atoms. The average Bonchev–Trinajstić information content (AvgIpc) is 2.45. The summed E-state index contributed by atoms with van der Waals surface area (Å²) in [5.74, 6) is -0.00660. The SMILES string of the molecule is CC1(C)CC(NC(=O)c2ccc3c(c2)NCCN3)CCO1. The van der Waals surface area contributed by atoms with Crippen molar-refractivity contribution in [3.63, 3.8) is 0 Å². The Bertz CT molecular complexity index is 542. The number of anilines is 2. The molecule has 1 aromatic rings. The molecule has 2 heterocycles. The van der Waals surface area contributed by atoms with Crippen LogP contribution < -0.4 is 16.0 Å². The van der Waals surface area contributed by atoms with Crippen LogP contribution in [0, 0.1) is 0 Å². The number of carbonyl (C=O) groups is 1. The lowest BCUT2D eigenvalue weighted by molar-refractivity contribution is -0.0615. The molecule has 2 aliphatic heterocycles. The van der Waals surface area contributed by atoms with E-state index in [1.807, 2.05) is 18.2 Å². The van der Waals surface area contributed by atoms with Gasteiger partial charge >= 0.3 is 0 Å². The van der Waals surface area contributed by atoms with Crippen LogP contribution in [0.15, 0.2) is 18.2 Å². The summed E-state index contributed by atoms with van der Waals surface area (Å²) in [6.07, 6.45) is 1.73. The first-order chi connectivity index (χ1) is 10.0. The van der Waals surface area contributed by atoms with Crippen LogP contribution in [0.1, 0.15) is 37.0 Å². The third kappa shape index (κ3) is 3.29. The van der Waals surface area contributed by atoms with Gasteiger partial charge in [-0.15, -0.1) is 0 Å². The van der Waals surface area contributed by atoms with E-state index < -0.39 is 0 Å². The monoisotopic (exact) mass is 289 g/mol. The van der Waals surface area contributed by atoms with E-state index in [4.69, 9.17) is 4.74 Å². The van der Waals surface area contributed by atoms with Gasteiger partial charge in [-0.3, -0.25) is 4.79 Å². The van der Waals surface area contributed by atoms with Crippen molar-refractivity contribution in [2.24, 2.45) is 0 Å². The maximum atomic E-state index is 12.4. The summed E-state index contributed by atoms with van der Waals surface area (Å²) >= 11 is 0. The summed E-state index contributed by atoms with van der Waals surface area (Å²) in [5.41, 5.74) is 2.61. The summed E-state index contributed by atoms with van der Waals surface area (Å²) in [7, 11) is 0. The first-order valence-corrected chi connectivity index (χ1v) is 7.60.